The number of carbonyl (C=O) groups excluding carboxylic acids is 1. The number of nitrogens with zero attached hydrogens (tertiary/aromatic N) is 1. The van der Waals surface area contributed by atoms with E-state index >= 15 is 0 Å². The van der Waals surface area contributed by atoms with Gasteiger partial charge in [-0.05, 0) is 24.1 Å². The number of aromatic nitrogens is 1. The van der Waals surface area contributed by atoms with Gasteiger partial charge >= 0.3 is 5.97 Å². The molecule has 4 rings (SSSR count). The van der Waals surface area contributed by atoms with E-state index in [0.717, 1.165) is 27.4 Å². The number of carbonyl (C=O) groups is 1. The Labute approximate surface area is 152 Å². The van der Waals surface area contributed by atoms with E-state index in [1.54, 1.807) is 0 Å². The van der Waals surface area contributed by atoms with Gasteiger partial charge in [0.15, 0.2) is 0 Å². The Hall–Kier alpha value is -3.07. The van der Waals surface area contributed by atoms with E-state index in [1.807, 2.05) is 61.5 Å². The summed E-state index contributed by atoms with van der Waals surface area (Å²) in [5, 5.41) is 2.33. The van der Waals surface area contributed by atoms with Gasteiger partial charge in [-0.15, -0.1) is 0 Å². The van der Waals surface area contributed by atoms with Gasteiger partial charge < -0.3 is 9.30 Å². The molecule has 26 heavy (non-hydrogen) atoms. The zero-order chi connectivity index (χ0) is 17.9. The zero-order valence-corrected chi connectivity index (χ0v) is 14.8. The van der Waals surface area contributed by atoms with Crippen LogP contribution in [0.15, 0.2) is 78.9 Å². The molecule has 0 spiro atoms. The molecular formula is C23H21NO2. The second kappa shape index (κ2) is 7.04. The average molecular weight is 343 g/mol. The molecule has 0 N–H and O–H groups in total. The van der Waals surface area contributed by atoms with Crippen molar-refractivity contribution in [2.45, 2.75) is 26.0 Å². The van der Waals surface area contributed by atoms with Crippen LogP contribution in [-0.2, 0) is 16.1 Å². The summed E-state index contributed by atoms with van der Waals surface area (Å²) >= 11 is 0. The molecule has 0 amide bonds. The molecule has 0 bridgehead atoms. The number of benzene rings is 3. The molecule has 1 aromatic heterocycles. The maximum absolute atomic E-state index is 12.9. The van der Waals surface area contributed by atoms with Crippen molar-refractivity contribution < 1.29 is 9.53 Å². The van der Waals surface area contributed by atoms with E-state index in [-0.39, 0.29) is 12.0 Å². The molecule has 0 saturated heterocycles. The highest BCUT2D eigenvalue weighted by atomic mass is 16.5. The second-order valence-electron chi connectivity index (χ2n) is 6.42. The Kier molecular flexibility index (Phi) is 4.44. The zero-order valence-electron chi connectivity index (χ0n) is 14.8. The minimum atomic E-state index is -0.344. The van der Waals surface area contributed by atoms with Gasteiger partial charge in [-0.25, -0.2) is 4.79 Å². The highest BCUT2D eigenvalue weighted by Gasteiger charge is 2.24. The average Bonchev–Trinajstić information content (AvgIpc) is 3.03. The van der Waals surface area contributed by atoms with Gasteiger partial charge in [0.25, 0.3) is 0 Å². The maximum atomic E-state index is 12.9. The smallest absolute Gasteiger partial charge is 0.329 e. The summed E-state index contributed by atoms with van der Waals surface area (Å²) in [7, 11) is 0. The highest BCUT2D eigenvalue weighted by molar-refractivity contribution is 6.08. The first-order valence-corrected chi connectivity index (χ1v) is 8.98. The lowest BCUT2D eigenvalue weighted by atomic mass is 10.2. The molecular weight excluding hydrogens is 322 g/mol. The van der Waals surface area contributed by atoms with E-state index in [0.29, 0.717) is 13.0 Å². The molecule has 0 fully saturated rings. The molecule has 0 aliphatic rings. The fraction of sp³-hybridized carbons (Fsp3) is 0.174. The summed E-state index contributed by atoms with van der Waals surface area (Å²) in [6.45, 7) is 2.32. The third kappa shape index (κ3) is 2.86. The number of para-hydroxylation sites is 2. The SMILES string of the molecule is CCC(C(=O)OCc1ccccc1)n1c2ccccc2c2ccccc21. The number of hydrogen-bond donors (Lipinski definition) is 0. The lowest BCUT2D eigenvalue weighted by molar-refractivity contribution is -0.148. The van der Waals surface area contributed by atoms with Gasteiger partial charge in [0.1, 0.15) is 12.6 Å². The molecule has 0 aliphatic heterocycles. The minimum Gasteiger partial charge on any atom is -0.459 e. The van der Waals surface area contributed by atoms with E-state index in [9.17, 15) is 4.79 Å². The highest BCUT2D eigenvalue weighted by Crippen LogP contribution is 2.33. The molecule has 0 radical (unpaired) electrons. The topological polar surface area (TPSA) is 31.2 Å². The summed E-state index contributed by atoms with van der Waals surface area (Å²) in [6.07, 6.45) is 0.677. The monoisotopic (exact) mass is 343 g/mol. The van der Waals surface area contributed by atoms with Crippen molar-refractivity contribution >= 4 is 27.8 Å². The predicted molar refractivity (Wildman–Crippen MR) is 105 cm³/mol. The molecule has 3 nitrogen and oxygen atoms in total. The van der Waals surface area contributed by atoms with E-state index in [2.05, 4.69) is 28.8 Å². The minimum absolute atomic E-state index is 0.192. The van der Waals surface area contributed by atoms with Crippen LogP contribution in [0.2, 0.25) is 0 Å². The van der Waals surface area contributed by atoms with E-state index < -0.39 is 0 Å². The number of fused-ring (bicyclic) bond motifs is 3. The molecule has 0 saturated carbocycles. The van der Waals surface area contributed by atoms with Crippen molar-refractivity contribution in [3.8, 4) is 0 Å². The lowest BCUT2D eigenvalue weighted by Crippen LogP contribution is -2.21. The van der Waals surface area contributed by atoms with Gasteiger partial charge in [-0.1, -0.05) is 73.7 Å². The summed E-state index contributed by atoms with van der Waals surface area (Å²) in [5.41, 5.74) is 3.13. The van der Waals surface area contributed by atoms with E-state index in [4.69, 9.17) is 4.74 Å². The molecule has 1 unspecified atom stereocenters. The predicted octanol–water partition coefficient (Wildman–Crippen LogP) is 5.49. The van der Waals surface area contributed by atoms with Crippen LogP contribution in [0.5, 0.6) is 0 Å². The summed E-state index contributed by atoms with van der Waals surface area (Å²) < 4.78 is 7.77. The van der Waals surface area contributed by atoms with Crippen LogP contribution in [0.1, 0.15) is 24.9 Å². The van der Waals surface area contributed by atoms with Gasteiger partial charge in [0.2, 0.25) is 0 Å². The molecule has 4 aromatic rings. The van der Waals surface area contributed by atoms with Crippen molar-refractivity contribution in [3.63, 3.8) is 0 Å². The standard InChI is InChI=1S/C23H21NO2/c1-2-20(23(25)26-16-17-10-4-3-5-11-17)24-21-14-8-6-12-18(21)19-13-7-9-15-22(19)24/h3-15,20H,2,16H2,1H3. The molecule has 0 aliphatic carbocycles. The molecule has 130 valence electrons. The number of hydrogen-bond acceptors (Lipinski definition) is 2. The van der Waals surface area contributed by atoms with Crippen LogP contribution < -0.4 is 0 Å². The van der Waals surface area contributed by atoms with Crippen LogP contribution in [0, 0.1) is 0 Å². The number of rotatable bonds is 5. The van der Waals surface area contributed by atoms with Gasteiger partial charge in [-0.2, -0.15) is 0 Å². The fourth-order valence-corrected chi connectivity index (χ4v) is 3.57. The first kappa shape index (κ1) is 16.4. The molecule has 1 heterocycles. The Bertz CT molecular complexity index is 996. The van der Waals surface area contributed by atoms with Crippen LogP contribution in [0.25, 0.3) is 21.8 Å². The van der Waals surface area contributed by atoms with Gasteiger partial charge in [0.05, 0.1) is 0 Å². The Morgan fingerprint density at radius 3 is 1.96 bits per heavy atom. The van der Waals surface area contributed by atoms with Crippen LogP contribution in [-0.4, -0.2) is 10.5 Å². The third-order valence-corrected chi connectivity index (χ3v) is 4.81. The summed E-state index contributed by atoms with van der Waals surface area (Å²) in [4.78, 5) is 12.9. The molecule has 3 heteroatoms. The molecule has 3 aromatic carbocycles. The number of ether oxygens (including phenoxy) is 1. The quantitative estimate of drug-likeness (QED) is 0.449. The fourth-order valence-electron chi connectivity index (χ4n) is 3.57. The maximum Gasteiger partial charge on any atom is 0.329 e. The van der Waals surface area contributed by atoms with Crippen molar-refractivity contribution in [2.24, 2.45) is 0 Å². The van der Waals surface area contributed by atoms with Gasteiger partial charge in [-0.3, -0.25) is 0 Å². The van der Waals surface area contributed by atoms with Gasteiger partial charge in [0, 0.05) is 21.8 Å². The lowest BCUT2D eigenvalue weighted by Gasteiger charge is -2.18. The van der Waals surface area contributed by atoms with Crippen molar-refractivity contribution in [1.82, 2.24) is 4.57 Å². The first-order chi connectivity index (χ1) is 12.8. The largest absolute Gasteiger partial charge is 0.459 e. The van der Waals surface area contributed by atoms with Crippen molar-refractivity contribution in [2.75, 3.05) is 0 Å². The summed E-state index contributed by atoms with van der Waals surface area (Å²) in [5.74, 6) is -0.192. The first-order valence-electron chi connectivity index (χ1n) is 8.98. The second-order valence-corrected chi connectivity index (χ2v) is 6.42. The normalized spacial score (nSPS) is 12.3. The van der Waals surface area contributed by atoms with Crippen molar-refractivity contribution in [3.05, 3.63) is 84.4 Å². The van der Waals surface area contributed by atoms with Crippen LogP contribution >= 0.6 is 0 Å². The van der Waals surface area contributed by atoms with Crippen LogP contribution in [0.4, 0.5) is 0 Å². The van der Waals surface area contributed by atoms with Crippen LogP contribution in [0.3, 0.4) is 0 Å². The van der Waals surface area contributed by atoms with E-state index in [1.165, 1.54) is 0 Å². The third-order valence-electron chi connectivity index (χ3n) is 4.81. The Morgan fingerprint density at radius 1 is 0.846 bits per heavy atom. The Balaban J connectivity index is 1.72. The summed E-state index contributed by atoms with van der Waals surface area (Å²) in [6, 6.07) is 25.9. The van der Waals surface area contributed by atoms with Crippen molar-refractivity contribution in [1.29, 1.82) is 0 Å². The Morgan fingerprint density at radius 2 is 1.38 bits per heavy atom. The molecule has 1 atom stereocenters. The number of esters is 1.